The average Bonchev–Trinajstić information content (AvgIpc) is 3.04. The number of hydrogen-bond donors (Lipinski definition) is 1. The fourth-order valence-electron chi connectivity index (χ4n) is 3.28. The summed E-state index contributed by atoms with van der Waals surface area (Å²) in [5.74, 6) is 0. The Morgan fingerprint density at radius 2 is 1.87 bits per heavy atom. The molecule has 2 amide bonds. The molecule has 3 heteroatoms. The van der Waals surface area contributed by atoms with E-state index in [1.54, 1.807) is 0 Å². The fourth-order valence-corrected chi connectivity index (χ4v) is 3.28. The minimum atomic E-state index is 0.0383. The average molecular weight is 308 g/mol. The molecule has 23 heavy (non-hydrogen) atoms. The van der Waals surface area contributed by atoms with Gasteiger partial charge in [-0.25, -0.2) is 4.79 Å². The van der Waals surface area contributed by atoms with Crippen LogP contribution in [0.25, 0.3) is 0 Å². The Morgan fingerprint density at radius 1 is 1.13 bits per heavy atom. The third kappa shape index (κ3) is 3.55. The third-order valence-electron chi connectivity index (χ3n) is 4.63. The van der Waals surface area contributed by atoms with Crippen molar-refractivity contribution in [2.24, 2.45) is 0 Å². The van der Waals surface area contributed by atoms with Gasteiger partial charge in [-0.3, -0.25) is 0 Å². The lowest BCUT2D eigenvalue weighted by molar-refractivity contribution is 0.192. The third-order valence-corrected chi connectivity index (χ3v) is 4.63. The van der Waals surface area contributed by atoms with Crippen molar-refractivity contribution in [1.29, 1.82) is 0 Å². The summed E-state index contributed by atoms with van der Waals surface area (Å²) in [6, 6.07) is 16.9. The number of amides is 2. The number of hydrogen-bond acceptors (Lipinski definition) is 1. The van der Waals surface area contributed by atoms with Crippen LogP contribution in [0.3, 0.4) is 0 Å². The number of nitrogens with zero attached hydrogens (tertiary/aromatic N) is 1. The smallest absolute Gasteiger partial charge is 0.318 e. The van der Waals surface area contributed by atoms with Crippen LogP contribution in [0.15, 0.2) is 48.5 Å². The molecule has 3 nitrogen and oxygen atoms in total. The Kier molecular flexibility index (Phi) is 4.65. The van der Waals surface area contributed by atoms with E-state index in [1.807, 2.05) is 4.90 Å². The number of nitrogens with one attached hydrogen (secondary N) is 1. The normalized spacial score (nSPS) is 17.3. The lowest BCUT2D eigenvalue weighted by Crippen LogP contribution is -2.39. The van der Waals surface area contributed by atoms with Gasteiger partial charge in [-0.15, -0.1) is 0 Å². The van der Waals surface area contributed by atoms with Crippen molar-refractivity contribution < 1.29 is 4.79 Å². The fraction of sp³-hybridized carbons (Fsp3) is 0.350. The first-order valence-electron chi connectivity index (χ1n) is 8.30. The summed E-state index contributed by atoms with van der Waals surface area (Å²) in [7, 11) is 0. The molecule has 0 bridgehead atoms. The summed E-state index contributed by atoms with van der Waals surface area (Å²) in [6.45, 7) is 5.60. The zero-order chi connectivity index (χ0) is 16.2. The molecule has 2 aromatic carbocycles. The van der Waals surface area contributed by atoms with Crippen LogP contribution in [0, 0.1) is 13.8 Å². The number of likely N-dealkylation sites (tertiary alicyclic amines) is 1. The van der Waals surface area contributed by atoms with Gasteiger partial charge in [0.25, 0.3) is 0 Å². The molecule has 0 unspecified atom stereocenters. The van der Waals surface area contributed by atoms with Crippen molar-refractivity contribution in [3.63, 3.8) is 0 Å². The van der Waals surface area contributed by atoms with Gasteiger partial charge in [-0.05, 0) is 43.4 Å². The second-order valence-corrected chi connectivity index (χ2v) is 6.35. The van der Waals surface area contributed by atoms with Crippen molar-refractivity contribution in [3.05, 3.63) is 70.8 Å². The van der Waals surface area contributed by atoms with Gasteiger partial charge in [0.15, 0.2) is 0 Å². The van der Waals surface area contributed by atoms with Crippen molar-refractivity contribution in [1.82, 2.24) is 10.2 Å². The highest BCUT2D eigenvalue weighted by atomic mass is 16.2. The van der Waals surface area contributed by atoms with Gasteiger partial charge in [0, 0.05) is 13.1 Å². The number of aryl methyl sites for hydroxylation is 2. The molecular weight excluding hydrogens is 284 g/mol. The van der Waals surface area contributed by atoms with Crippen LogP contribution in [0.2, 0.25) is 0 Å². The van der Waals surface area contributed by atoms with Crippen LogP contribution >= 0.6 is 0 Å². The van der Waals surface area contributed by atoms with E-state index in [0.717, 1.165) is 24.9 Å². The second-order valence-electron chi connectivity index (χ2n) is 6.35. The molecule has 1 N–H and O–H groups in total. The van der Waals surface area contributed by atoms with Crippen molar-refractivity contribution in [3.8, 4) is 0 Å². The van der Waals surface area contributed by atoms with E-state index < -0.39 is 0 Å². The highest BCUT2D eigenvalue weighted by molar-refractivity contribution is 5.75. The Balaban J connectivity index is 1.66. The first kappa shape index (κ1) is 15.6. The molecule has 0 saturated carbocycles. The maximum absolute atomic E-state index is 12.6. The Labute approximate surface area is 138 Å². The maximum Gasteiger partial charge on any atom is 0.318 e. The molecule has 0 aliphatic carbocycles. The highest BCUT2D eigenvalue weighted by Gasteiger charge is 2.30. The van der Waals surface area contributed by atoms with Crippen LogP contribution in [0.1, 0.15) is 41.1 Å². The molecule has 0 spiro atoms. The first-order chi connectivity index (χ1) is 11.1. The highest BCUT2D eigenvalue weighted by Crippen LogP contribution is 2.33. The number of rotatable bonds is 3. The topological polar surface area (TPSA) is 32.3 Å². The van der Waals surface area contributed by atoms with E-state index in [1.165, 1.54) is 16.7 Å². The monoisotopic (exact) mass is 308 g/mol. The molecule has 0 aromatic heterocycles. The summed E-state index contributed by atoms with van der Waals surface area (Å²) in [5.41, 5.74) is 4.90. The van der Waals surface area contributed by atoms with Crippen molar-refractivity contribution in [2.45, 2.75) is 39.3 Å². The SMILES string of the molecule is Cc1ccc(CNC(=O)N2CCC[C@@H]2c2ccccc2C)cc1. The molecule has 1 aliphatic heterocycles. The van der Waals surface area contributed by atoms with E-state index in [-0.39, 0.29) is 12.1 Å². The molecule has 3 rings (SSSR count). The first-order valence-corrected chi connectivity index (χ1v) is 8.30. The summed E-state index contributed by atoms with van der Waals surface area (Å²) in [4.78, 5) is 14.6. The summed E-state index contributed by atoms with van der Waals surface area (Å²) < 4.78 is 0. The Morgan fingerprint density at radius 3 is 2.61 bits per heavy atom. The molecular formula is C20H24N2O. The van der Waals surface area contributed by atoms with Gasteiger partial charge in [-0.2, -0.15) is 0 Å². The van der Waals surface area contributed by atoms with Crippen LogP contribution in [-0.4, -0.2) is 17.5 Å². The van der Waals surface area contributed by atoms with Crippen LogP contribution in [0.5, 0.6) is 0 Å². The van der Waals surface area contributed by atoms with Gasteiger partial charge in [0.2, 0.25) is 0 Å². The van der Waals surface area contributed by atoms with Crippen molar-refractivity contribution >= 4 is 6.03 Å². The quantitative estimate of drug-likeness (QED) is 0.898. The molecule has 1 fully saturated rings. The van der Waals surface area contributed by atoms with E-state index in [0.29, 0.717) is 6.54 Å². The molecule has 120 valence electrons. The van der Waals surface area contributed by atoms with Gasteiger partial charge in [-0.1, -0.05) is 54.1 Å². The lowest BCUT2D eigenvalue weighted by atomic mass is 9.99. The number of benzene rings is 2. The van der Waals surface area contributed by atoms with Crippen molar-refractivity contribution in [2.75, 3.05) is 6.54 Å². The molecule has 1 saturated heterocycles. The maximum atomic E-state index is 12.6. The second kappa shape index (κ2) is 6.86. The minimum absolute atomic E-state index is 0.0383. The molecule has 2 aromatic rings. The van der Waals surface area contributed by atoms with E-state index in [2.05, 4.69) is 67.7 Å². The zero-order valence-corrected chi connectivity index (χ0v) is 13.9. The molecule has 1 aliphatic rings. The zero-order valence-electron chi connectivity index (χ0n) is 13.9. The van der Waals surface area contributed by atoms with Crippen LogP contribution in [0.4, 0.5) is 4.79 Å². The van der Waals surface area contributed by atoms with Crippen LogP contribution in [-0.2, 0) is 6.54 Å². The predicted octanol–water partition coefficient (Wildman–Crippen LogP) is 4.35. The lowest BCUT2D eigenvalue weighted by Gasteiger charge is -2.26. The van der Waals surface area contributed by atoms with Gasteiger partial charge in [0.05, 0.1) is 6.04 Å². The molecule has 1 atom stereocenters. The van der Waals surface area contributed by atoms with Gasteiger partial charge in [0.1, 0.15) is 0 Å². The number of urea groups is 1. The van der Waals surface area contributed by atoms with E-state index >= 15 is 0 Å². The Bertz CT molecular complexity index is 678. The summed E-state index contributed by atoms with van der Waals surface area (Å²) in [6.07, 6.45) is 2.11. The van der Waals surface area contributed by atoms with Gasteiger partial charge < -0.3 is 10.2 Å². The molecule has 0 radical (unpaired) electrons. The molecule has 1 heterocycles. The summed E-state index contributed by atoms with van der Waals surface area (Å²) >= 11 is 0. The number of carbonyl (C=O) groups excluding carboxylic acids is 1. The van der Waals surface area contributed by atoms with Crippen LogP contribution < -0.4 is 5.32 Å². The van der Waals surface area contributed by atoms with E-state index in [4.69, 9.17) is 0 Å². The Hall–Kier alpha value is -2.29. The summed E-state index contributed by atoms with van der Waals surface area (Å²) in [5, 5.41) is 3.07. The standard InChI is InChI=1S/C20H24N2O/c1-15-9-11-17(12-10-15)14-21-20(23)22-13-5-8-19(22)18-7-4-3-6-16(18)2/h3-4,6-7,9-12,19H,5,8,13-14H2,1-2H3,(H,21,23)/t19-/m1/s1. The largest absolute Gasteiger partial charge is 0.334 e. The minimum Gasteiger partial charge on any atom is -0.334 e. The predicted molar refractivity (Wildman–Crippen MR) is 93.3 cm³/mol. The van der Waals surface area contributed by atoms with Gasteiger partial charge >= 0.3 is 6.03 Å². The number of carbonyl (C=O) groups is 1. The van der Waals surface area contributed by atoms with E-state index in [9.17, 15) is 4.79 Å².